The summed E-state index contributed by atoms with van der Waals surface area (Å²) in [5, 5.41) is 0.845. The smallest absolute Gasteiger partial charge is 0.162 e. The van der Waals surface area contributed by atoms with E-state index in [4.69, 9.17) is 14.2 Å². The fourth-order valence-electron chi connectivity index (χ4n) is 3.14. The number of methoxy groups -OCH3 is 2. The van der Waals surface area contributed by atoms with Gasteiger partial charge >= 0.3 is 0 Å². The Morgan fingerprint density at radius 1 is 0.786 bits per heavy atom. The summed E-state index contributed by atoms with van der Waals surface area (Å²) in [6.45, 7) is 2.06. The predicted octanol–water partition coefficient (Wildman–Crippen LogP) is 5.41. The van der Waals surface area contributed by atoms with Crippen molar-refractivity contribution in [1.82, 2.24) is 9.97 Å². The maximum absolute atomic E-state index is 6.34. The Morgan fingerprint density at radius 2 is 1.61 bits per heavy atom. The second-order valence-electron chi connectivity index (χ2n) is 6.38. The van der Waals surface area contributed by atoms with Crippen molar-refractivity contribution in [2.75, 3.05) is 14.2 Å². The van der Waals surface area contributed by atoms with Crippen LogP contribution in [0, 0.1) is 6.92 Å². The second kappa shape index (κ2) is 7.56. The van der Waals surface area contributed by atoms with Crippen LogP contribution in [0.5, 0.6) is 23.0 Å². The molecule has 4 aromatic rings. The molecule has 0 atom stereocenters. The lowest BCUT2D eigenvalue weighted by Crippen LogP contribution is -1.94. The lowest BCUT2D eigenvalue weighted by Gasteiger charge is -2.15. The first-order chi connectivity index (χ1) is 13.7. The average Bonchev–Trinajstić information content (AvgIpc) is 2.74. The highest BCUT2D eigenvalue weighted by Crippen LogP contribution is 2.39. The fourth-order valence-corrected chi connectivity index (χ4v) is 3.14. The monoisotopic (exact) mass is 372 g/mol. The van der Waals surface area contributed by atoms with Crippen LogP contribution in [0.3, 0.4) is 0 Å². The Bertz CT molecular complexity index is 1130. The first kappa shape index (κ1) is 17.8. The standard InChI is InChI=1S/C23H20N2O3/c1-15-6-7-20(17(11-15)16-5-4-9-24-14-16)28-21-8-10-25-19-13-23(27-3)22(26-2)12-18(19)21/h4-14H,1-3H3. The Morgan fingerprint density at radius 3 is 2.36 bits per heavy atom. The molecular weight excluding hydrogens is 352 g/mol. The van der Waals surface area contributed by atoms with Crippen molar-refractivity contribution in [3.05, 3.63) is 72.7 Å². The van der Waals surface area contributed by atoms with Gasteiger partial charge in [0, 0.05) is 41.2 Å². The number of nitrogens with zero attached hydrogens (tertiary/aromatic N) is 2. The van der Waals surface area contributed by atoms with E-state index in [1.54, 1.807) is 26.6 Å². The molecule has 28 heavy (non-hydrogen) atoms. The molecule has 0 aliphatic heterocycles. The van der Waals surface area contributed by atoms with Gasteiger partial charge in [-0.15, -0.1) is 0 Å². The molecule has 0 saturated heterocycles. The average molecular weight is 372 g/mol. The highest BCUT2D eigenvalue weighted by Gasteiger charge is 2.13. The van der Waals surface area contributed by atoms with E-state index in [0.29, 0.717) is 17.2 Å². The van der Waals surface area contributed by atoms with Gasteiger partial charge in [-0.05, 0) is 37.3 Å². The van der Waals surface area contributed by atoms with Gasteiger partial charge in [0.1, 0.15) is 11.5 Å². The van der Waals surface area contributed by atoms with Gasteiger partial charge in [0.05, 0.1) is 19.7 Å². The first-order valence-electron chi connectivity index (χ1n) is 8.89. The van der Waals surface area contributed by atoms with Crippen LogP contribution in [0.4, 0.5) is 0 Å². The summed E-state index contributed by atoms with van der Waals surface area (Å²) < 4.78 is 17.2. The molecule has 0 aliphatic carbocycles. The number of hydrogen-bond acceptors (Lipinski definition) is 5. The number of fused-ring (bicyclic) bond motifs is 1. The van der Waals surface area contributed by atoms with E-state index < -0.39 is 0 Å². The van der Waals surface area contributed by atoms with Crippen molar-refractivity contribution in [2.45, 2.75) is 6.92 Å². The normalized spacial score (nSPS) is 10.7. The zero-order valence-corrected chi connectivity index (χ0v) is 16.0. The Kier molecular flexibility index (Phi) is 4.81. The van der Waals surface area contributed by atoms with Crippen molar-refractivity contribution in [3.8, 4) is 34.1 Å². The zero-order chi connectivity index (χ0) is 19.5. The van der Waals surface area contributed by atoms with Crippen LogP contribution in [0.1, 0.15) is 5.56 Å². The summed E-state index contributed by atoms with van der Waals surface area (Å²) in [6, 6.07) is 15.6. The molecule has 0 unspecified atom stereocenters. The van der Waals surface area contributed by atoms with Crippen molar-refractivity contribution in [1.29, 1.82) is 0 Å². The Hall–Kier alpha value is -3.60. The molecule has 0 N–H and O–H groups in total. The molecule has 0 amide bonds. The minimum absolute atomic E-state index is 0.629. The second-order valence-corrected chi connectivity index (χ2v) is 6.38. The van der Waals surface area contributed by atoms with Gasteiger partial charge in [0.2, 0.25) is 0 Å². The quantitative estimate of drug-likeness (QED) is 0.468. The number of hydrogen-bond donors (Lipinski definition) is 0. The fraction of sp³-hybridized carbons (Fsp3) is 0.130. The van der Waals surface area contributed by atoms with Crippen LogP contribution in [0.2, 0.25) is 0 Å². The molecule has 2 aromatic carbocycles. The number of ether oxygens (including phenoxy) is 3. The van der Waals surface area contributed by atoms with E-state index in [1.807, 2.05) is 48.7 Å². The van der Waals surface area contributed by atoms with E-state index in [1.165, 1.54) is 0 Å². The summed E-state index contributed by atoms with van der Waals surface area (Å²) in [4.78, 5) is 8.67. The molecule has 2 aromatic heterocycles. The summed E-state index contributed by atoms with van der Waals surface area (Å²) in [5.74, 6) is 2.70. The maximum atomic E-state index is 6.34. The number of pyridine rings is 2. The highest BCUT2D eigenvalue weighted by atomic mass is 16.5. The van der Waals surface area contributed by atoms with Crippen LogP contribution in [-0.4, -0.2) is 24.2 Å². The summed E-state index contributed by atoms with van der Waals surface area (Å²) in [6.07, 6.45) is 5.32. The van der Waals surface area contributed by atoms with Gasteiger partial charge in [-0.3, -0.25) is 9.97 Å². The van der Waals surface area contributed by atoms with Gasteiger partial charge < -0.3 is 14.2 Å². The van der Waals surface area contributed by atoms with Gasteiger partial charge in [-0.25, -0.2) is 0 Å². The van der Waals surface area contributed by atoms with Crippen molar-refractivity contribution >= 4 is 10.9 Å². The maximum Gasteiger partial charge on any atom is 0.162 e. The summed E-state index contributed by atoms with van der Waals surface area (Å²) >= 11 is 0. The van der Waals surface area contributed by atoms with E-state index >= 15 is 0 Å². The number of aromatic nitrogens is 2. The van der Waals surface area contributed by atoms with E-state index in [-0.39, 0.29) is 0 Å². The summed E-state index contributed by atoms with van der Waals surface area (Å²) in [7, 11) is 3.22. The zero-order valence-electron chi connectivity index (χ0n) is 16.0. The molecule has 0 radical (unpaired) electrons. The first-order valence-corrected chi connectivity index (χ1v) is 8.89. The third-order valence-electron chi connectivity index (χ3n) is 4.53. The number of aryl methyl sites for hydroxylation is 1. The van der Waals surface area contributed by atoms with Crippen LogP contribution in [-0.2, 0) is 0 Å². The third-order valence-corrected chi connectivity index (χ3v) is 4.53. The van der Waals surface area contributed by atoms with Crippen molar-refractivity contribution < 1.29 is 14.2 Å². The molecule has 4 rings (SSSR count). The molecule has 5 heteroatoms. The minimum atomic E-state index is 0.629. The minimum Gasteiger partial charge on any atom is -0.493 e. The SMILES string of the molecule is COc1cc2nccc(Oc3ccc(C)cc3-c3cccnc3)c2cc1OC. The van der Waals surface area contributed by atoms with Crippen LogP contribution < -0.4 is 14.2 Å². The number of rotatable bonds is 5. The Balaban J connectivity index is 1.83. The molecule has 0 bridgehead atoms. The largest absolute Gasteiger partial charge is 0.493 e. The van der Waals surface area contributed by atoms with E-state index in [9.17, 15) is 0 Å². The summed E-state index contributed by atoms with van der Waals surface area (Å²) in [5.41, 5.74) is 3.90. The van der Waals surface area contributed by atoms with Gasteiger partial charge in [-0.1, -0.05) is 17.7 Å². The molecule has 140 valence electrons. The molecule has 0 saturated carbocycles. The predicted molar refractivity (Wildman–Crippen MR) is 109 cm³/mol. The third kappa shape index (κ3) is 3.34. The van der Waals surface area contributed by atoms with Crippen LogP contribution in [0.25, 0.3) is 22.0 Å². The number of benzene rings is 2. The topological polar surface area (TPSA) is 53.5 Å². The lowest BCUT2D eigenvalue weighted by atomic mass is 10.0. The highest BCUT2D eigenvalue weighted by molar-refractivity contribution is 5.88. The molecule has 0 aliphatic rings. The van der Waals surface area contributed by atoms with E-state index in [0.717, 1.165) is 33.3 Å². The lowest BCUT2D eigenvalue weighted by molar-refractivity contribution is 0.355. The van der Waals surface area contributed by atoms with Crippen LogP contribution >= 0.6 is 0 Å². The van der Waals surface area contributed by atoms with Gasteiger partial charge in [0.15, 0.2) is 11.5 Å². The van der Waals surface area contributed by atoms with E-state index in [2.05, 4.69) is 23.0 Å². The molecular formula is C23H20N2O3. The van der Waals surface area contributed by atoms with Crippen molar-refractivity contribution in [2.24, 2.45) is 0 Å². The molecule has 5 nitrogen and oxygen atoms in total. The molecule has 0 fully saturated rings. The molecule has 2 heterocycles. The molecule has 0 spiro atoms. The van der Waals surface area contributed by atoms with Gasteiger partial charge in [-0.2, -0.15) is 0 Å². The van der Waals surface area contributed by atoms with Crippen LogP contribution in [0.15, 0.2) is 67.1 Å². The van der Waals surface area contributed by atoms with Gasteiger partial charge in [0.25, 0.3) is 0 Å². The van der Waals surface area contributed by atoms with Crippen molar-refractivity contribution in [3.63, 3.8) is 0 Å². The Labute approximate surface area is 163 Å².